The number of hydrogen-bond acceptors (Lipinski definition) is 6. The Bertz CT molecular complexity index is 1490. The topological polar surface area (TPSA) is 94.2 Å². The quantitative estimate of drug-likeness (QED) is 0.122. The number of amides is 4. The van der Waals surface area contributed by atoms with Crippen LogP contribution in [0.5, 0.6) is 17.2 Å². The maximum absolute atomic E-state index is 13.3. The lowest BCUT2D eigenvalue weighted by molar-refractivity contribution is -0.122. The first-order chi connectivity index (χ1) is 18.7. The molecule has 1 heterocycles. The van der Waals surface area contributed by atoms with Crippen LogP contribution in [-0.4, -0.2) is 31.6 Å². The van der Waals surface area contributed by atoms with Gasteiger partial charge in [0.25, 0.3) is 11.8 Å². The van der Waals surface area contributed by atoms with E-state index in [0.29, 0.717) is 36.4 Å². The first kappa shape index (κ1) is 28.5. The second-order valence-corrected chi connectivity index (χ2v) is 10.1. The molecule has 3 aromatic rings. The van der Waals surface area contributed by atoms with Gasteiger partial charge in [-0.3, -0.25) is 14.9 Å². The summed E-state index contributed by atoms with van der Waals surface area (Å²) in [6.45, 7) is 4.11. The van der Waals surface area contributed by atoms with Crippen molar-refractivity contribution in [3.05, 3.63) is 97.6 Å². The Kier molecular flexibility index (Phi) is 9.16. The molecule has 1 aliphatic heterocycles. The van der Waals surface area contributed by atoms with E-state index in [2.05, 4.69) is 34.5 Å². The molecule has 0 saturated carbocycles. The fourth-order valence-electron chi connectivity index (χ4n) is 3.66. The van der Waals surface area contributed by atoms with Gasteiger partial charge in [0, 0.05) is 15.6 Å². The molecule has 1 aliphatic rings. The number of anilines is 1. The summed E-state index contributed by atoms with van der Waals surface area (Å²) < 4.78 is 17.5. The third-order valence-electron chi connectivity index (χ3n) is 5.51. The van der Waals surface area contributed by atoms with Gasteiger partial charge >= 0.3 is 6.03 Å². The molecule has 39 heavy (non-hydrogen) atoms. The number of ether oxygens (including phenoxy) is 3. The Labute approximate surface area is 248 Å². The summed E-state index contributed by atoms with van der Waals surface area (Å²) >= 11 is 14.2. The lowest BCUT2D eigenvalue weighted by Gasteiger charge is -2.26. The lowest BCUT2D eigenvalue weighted by atomic mass is 10.1. The molecule has 11 heteroatoms. The van der Waals surface area contributed by atoms with Crippen molar-refractivity contribution in [2.24, 2.45) is 0 Å². The number of benzene rings is 3. The summed E-state index contributed by atoms with van der Waals surface area (Å²) in [6, 6.07) is 13.9. The average Bonchev–Trinajstić information content (AvgIpc) is 2.90. The van der Waals surface area contributed by atoms with Crippen LogP contribution in [0.1, 0.15) is 11.1 Å². The van der Waals surface area contributed by atoms with E-state index in [1.807, 2.05) is 0 Å². The van der Waals surface area contributed by atoms with Gasteiger partial charge in [0.2, 0.25) is 0 Å². The van der Waals surface area contributed by atoms with Crippen LogP contribution in [0.25, 0.3) is 6.08 Å². The zero-order valence-corrected chi connectivity index (χ0v) is 24.2. The lowest BCUT2D eigenvalue weighted by Crippen LogP contribution is -2.54. The molecule has 1 N–H and O–H groups in total. The Morgan fingerprint density at radius 3 is 2.44 bits per heavy atom. The van der Waals surface area contributed by atoms with Gasteiger partial charge in [0.15, 0.2) is 11.5 Å². The molecule has 3 aromatic carbocycles. The maximum Gasteiger partial charge on any atom is 0.335 e. The Balaban J connectivity index is 1.56. The number of barbiturate groups is 1. The van der Waals surface area contributed by atoms with Crippen molar-refractivity contribution in [3.63, 3.8) is 0 Å². The number of carbonyl (C=O) groups is 3. The highest BCUT2D eigenvalue weighted by molar-refractivity contribution is 14.1. The maximum atomic E-state index is 13.3. The van der Waals surface area contributed by atoms with Gasteiger partial charge in [-0.05, 0) is 82.8 Å². The van der Waals surface area contributed by atoms with Crippen molar-refractivity contribution >= 4 is 75.4 Å². The van der Waals surface area contributed by atoms with Crippen molar-refractivity contribution in [1.82, 2.24) is 5.32 Å². The number of hydrogen-bond donors (Lipinski definition) is 1. The molecular weight excluding hydrogens is 658 g/mol. The van der Waals surface area contributed by atoms with Gasteiger partial charge in [-0.2, -0.15) is 0 Å². The molecule has 4 amide bonds. The van der Waals surface area contributed by atoms with Crippen molar-refractivity contribution in [2.75, 3.05) is 18.6 Å². The second-order valence-electron chi connectivity index (χ2n) is 8.11. The highest BCUT2D eigenvalue weighted by Gasteiger charge is 2.37. The van der Waals surface area contributed by atoms with Gasteiger partial charge in [-0.25, -0.2) is 9.69 Å². The molecule has 1 fully saturated rings. The smallest absolute Gasteiger partial charge is 0.335 e. The Morgan fingerprint density at radius 2 is 1.77 bits per heavy atom. The highest BCUT2D eigenvalue weighted by Crippen LogP contribution is 2.35. The molecule has 200 valence electrons. The highest BCUT2D eigenvalue weighted by atomic mass is 127. The third-order valence-corrected chi connectivity index (χ3v) is 6.90. The number of imide groups is 2. The third kappa shape index (κ3) is 6.55. The number of urea groups is 1. The van der Waals surface area contributed by atoms with Gasteiger partial charge in [0.05, 0.1) is 16.4 Å². The van der Waals surface area contributed by atoms with Gasteiger partial charge in [-0.1, -0.05) is 41.9 Å². The minimum absolute atomic E-state index is 0.194. The normalized spacial score (nSPS) is 14.3. The van der Waals surface area contributed by atoms with Crippen LogP contribution in [0.4, 0.5) is 10.5 Å². The van der Waals surface area contributed by atoms with Crippen LogP contribution in [0.15, 0.2) is 72.8 Å². The summed E-state index contributed by atoms with van der Waals surface area (Å²) in [5.74, 6) is -0.157. The van der Waals surface area contributed by atoms with E-state index < -0.39 is 17.8 Å². The van der Waals surface area contributed by atoms with Gasteiger partial charge in [-0.15, -0.1) is 0 Å². The molecule has 1 saturated heterocycles. The number of methoxy groups -OCH3 is 1. The molecule has 0 spiro atoms. The Morgan fingerprint density at radius 1 is 1.03 bits per heavy atom. The predicted octanol–water partition coefficient (Wildman–Crippen LogP) is 6.42. The Hall–Kier alpha value is -3.54. The van der Waals surface area contributed by atoms with Gasteiger partial charge < -0.3 is 14.2 Å². The molecule has 0 bridgehead atoms. The molecule has 8 nitrogen and oxygen atoms in total. The van der Waals surface area contributed by atoms with E-state index in [1.165, 1.54) is 13.2 Å². The van der Waals surface area contributed by atoms with Crippen LogP contribution >= 0.6 is 45.8 Å². The summed E-state index contributed by atoms with van der Waals surface area (Å²) in [6.07, 6.45) is 3.00. The zero-order valence-electron chi connectivity index (χ0n) is 20.5. The molecule has 0 aliphatic carbocycles. The molecule has 4 rings (SSSR count). The first-order valence-electron chi connectivity index (χ1n) is 11.4. The second kappa shape index (κ2) is 12.5. The fraction of sp³-hybridized carbons (Fsp3) is 0.107. The minimum atomic E-state index is -0.857. The first-order valence-corrected chi connectivity index (χ1v) is 13.2. The number of carbonyl (C=O) groups excluding carboxylic acids is 3. The molecule has 0 radical (unpaired) electrons. The van der Waals surface area contributed by atoms with E-state index in [0.717, 1.165) is 10.5 Å². The molecular formula is C28H21Cl2IN2O6. The summed E-state index contributed by atoms with van der Waals surface area (Å²) in [5, 5.41) is 3.21. The summed E-state index contributed by atoms with van der Waals surface area (Å²) in [5.41, 5.74) is 1.30. The SMILES string of the molecule is C=CCOc1c(I)cc(/C=C2\C(=O)NC(=O)N(c3ccc(OCc4ccc(Cl)cc4Cl)cc3)C2=O)cc1OC. The van der Waals surface area contributed by atoms with Crippen LogP contribution in [-0.2, 0) is 16.2 Å². The predicted molar refractivity (Wildman–Crippen MR) is 158 cm³/mol. The van der Waals surface area contributed by atoms with Crippen LogP contribution < -0.4 is 24.4 Å². The van der Waals surface area contributed by atoms with Crippen LogP contribution in [0.2, 0.25) is 10.0 Å². The summed E-state index contributed by atoms with van der Waals surface area (Å²) in [7, 11) is 1.49. The monoisotopic (exact) mass is 678 g/mol. The molecule has 0 unspecified atom stereocenters. The van der Waals surface area contributed by atoms with Gasteiger partial charge in [0.1, 0.15) is 24.5 Å². The number of halogens is 3. The minimum Gasteiger partial charge on any atom is -0.493 e. The van der Waals surface area contributed by atoms with Crippen molar-refractivity contribution in [3.8, 4) is 17.2 Å². The van der Waals surface area contributed by atoms with E-state index >= 15 is 0 Å². The average molecular weight is 679 g/mol. The van der Waals surface area contributed by atoms with Crippen molar-refractivity contribution in [2.45, 2.75) is 6.61 Å². The molecule has 0 atom stereocenters. The largest absolute Gasteiger partial charge is 0.493 e. The standard InChI is InChI=1S/C28H21Cl2IN2O6/c1-3-10-38-25-23(31)12-16(13-24(25)37-2)11-21-26(34)32-28(36)33(27(21)35)19-6-8-20(9-7-19)39-15-17-4-5-18(29)14-22(17)30/h3-9,11-14H,1,10,15H2,2H3,(H,32,34,36)/b21-11+. The van der Waals surface area contributed by atoms with Crippen molar-refractivity contribution < 1.29 is 28.6 Å². The zero-order chi connectivity index (χ0) is 28.1. The number of rotatable bonds is 9. The van der Waals surface area contributed by atoms with Crippen molar-refractivity contribution in [1.29, 1.82) is 0 Å². The number of nitrogens with zero attached hydrogens (tertiary/aromatic N) is 1. The van der Waals surface area contributed by atoms with E-state index in [-0.39, 0.29) is 24.5 Å². The van der Waals surface area contributed by atoms with Crippen LogP contribution in [0.3, 0.4) is 0 Å². The van der Waals surface area contributed by atoms with E-state index in [1.54, 1.807) is 60.7 Å². The van der Waals surface area contributed by atoms with E-state index in [9.17, 15) is 14.4 Å². The number of nitrogens with one attached hydrogen (secondary N) is 1. The summed E-state index contributed by atoms with van der Waals surface area (Å²) in [4.78, 5) is 39.4. The van der Waals surface area contributed by atoms with E-state index in [4.69, 9.17) is 37.4 Å². The molecule has 0 aromatic heterocycles. The fourth-order valence-corrected chi connectivity index (χ4v) is 4.90. The van der Waals surface area contributed by atoms with Crippen LogP contribution in [0, 0.1) is 3.57 Å².